The Morgan fingerprint density at radius 3 is 2.50 bits per heavy atom. The molecule has 0 radical (unpaired) electrons. The van der Waals surface area contributed by atoms with E-state index in [1.54, 1.807) is 20.0 Å². The molecule has 20 heavy (non-hydrogen) atoms. The van der Waals surface area contributed by atoms with Crippen LogP contribution < -0.4 is 9.64 Å². The molecule has 0 saturated carbocycles. The molecule has 0 aliphatic rings. The normalized spacial score (nSPS) is 10.2. The first kappa shape index (κ1) is 14.1. The van der Waals surface area contributed by atoms with Crippen molar-refractivity contribution in [3.8, 4) is 5.75 Å². The van der Waals surface area contributed by atoms with Crippen LogP contribution in [-0.4, -0.2) is 19.6 Å². The van der Waals surface area contributed by atoms with Gasteiger partial charge in [-0.25, -0.2) is 4.39 Å². The monoisotopic (exact) mass is 273 g/mol. The summed E-state index contributed by atoms with van der Waals surface area (Å²) in [5, 5.41) is 0. The van der Waals surface area contributed by atoms with Gasteiger partial charge in [0.1, 0.15) is 0 Å². The molecule has 1 amide bonds. The lowest BCUT2D eigenvalue weighted by Crippen LogP contribution is -2.26. The first-order valence-electron chi connectivity index (χ1n) is 6.39. The van der Waals surface area contributed by atoms with E-state index in [4.69, 9.17) is 4.74 Å². The van der Waals surface area contributed by atoms with Gasteiger partial charge in [0.05, 0.1) is 6.61 Å². The molecule has 0 N–H and O–H groups in total. The number of hydrogen-bond acceptors (Lipinski definition) is 2. The van der Waals surface area contributed by atoms with Gasteiger partial charge in [0.25, 0.3) is 5.91 Å². The summed E-state index contributed by atoms with van der Waals surface area (Å²) in [7, 11) is 1.66. The summed E-state index contributed by atoms with van der Waals surface area (Å²) in [4.78, 5) is 13.8. The number of amides is 1. The molecule has 0 aliphatic heterocycles. The Morgan fingerprint density at radius 2 is 1.90 bits per heavy atom. The van der Waals surface area contributed by atoms with Crippen LogP contribution in [0, 0.1) is 5.82 Å². The van der Waals surface area contributed by atoms with Gasteiger partial charge in [0.15, 0.2) is 11.6 Å². The maximum Gasteiger partial charge on any atom is 0.258 e. The quantitative estimate of drug-likeness (QED) is 0.853. The minimum Gasteiger partial charge on any atom is -0.491 e. The summed E-state index contributed by atoms with van der Waals surface area (Å²) in [6.07, 6.45) is 0. The van der Waals surface area contributed by atoms with Gasteiger partial charge in [-0.05, 0) is 37.3 Å². The van der Waals surface area contributed by atoms with Crippen molar-refractivity contribution in [2.75, 3.05) is 18.6 Å². The number of anilines is 1. The number of halogens is 1. The van der Waals surface area contributed by atoms with Crippen molar-refractivity contribution >= 4 is 11.6 Å². The Hall–Kier alpha value is -2.36. The third kappa shape index (κ3) is 2.96. The Labute approximate surface area is 117 Å². The largest absolute Gasteiger partial charge is 0.491 e. The molecule has 0 saturated heterocycles. The second-order valence-electron chi connectivity index (χ2n) is 4.28. The number of nitrogens with zero attached hydrogens (tertiary/aromatic N) is 1. The highest BCUT2D eigenvalue weighted by Gasteiger charge is 2.15. The van der Waals surface area contributed by atoms with E-state index in [1.807, 2.05) is 30.3 Å². The van der Waals surface area contributed by atoms with Crippen LogP contribution in [0.25, 0.3) is 0 Å². The molecule has 2 aromatic rings. The Balaban J connectivity index is 2.23. The van der Waals surface area contributed by atoms with E-state index in [2.05, 4.69) is 0 Å². The van der Waals surface area contributed by atoms with Gasteiger partial charge in [-0.15, -0.1) is 0 Å². The van der Waals surface area contributed by atoms with Crippen molar-refractivity contribution in [1.82, 2.24) is 0 Å². The topological polar surface area (TPSA) is 29.5 Å². The number of ether oxygens (including phenoxy) is 1. The zero-order valence-corrected chi connectivity index (χ0v) is 11.5. The van der Waals surface area contributed by atoms with Crippen molar-refractivity contribution < 1.29 is 13.9 Å². The van der Waals surface area contributed by atoms with Gasteiger partial charge in [-0.2, -0.15) is 0 Å². The first-order valence-corrected chi connectivity index (χ1v) is 6.39. The number of benzene rings is 2. The molecule has 0 bridgehead atoms. The third-order valence-electron chi connectivity index (χ3n) is 2.93. The van der Waals surface area contributed by atoms with Crippen molar-refractivity contribution in [3.05, 3.63) is 59.9 Å². The third-order valence-corrected chi connectivity index (χ3v) is 2.93. The Bertz CT molecular complexity index is 599. The predicted octanol–water partition coefficient (Wildman–Crippen LogP) is 3.50. The lowest BCUT2D eigenvalue weighted by atomic mass is 10.1. The van der Waals surface area contributed by atoms with E-state index in [0.717, 1.165) is 5.69 Å². The maximum absolute atomic E-state index is 13.8. The molecule has 0 aliphatic carbocycles. The van der Waals surface area contributed by atoms with Crippen LogP contribution in [0.15, 0.2) is 48.5 Å². The minimum atomic E-state index is -0.529. The molecule has 2 rings (SSSR count). The molecular weight excluding hydrogens is 257 g/mol. The minimum absolute atomic E-state index is 0.159. The molecule has 2 aromatic carbocycles. The average molecular weight is 273 g/mol. The number of rotatable bonds is 4. The van der Waals surface area contributed by atoms with Crippen LogP contribution in [0.1, 0.15) is 17.3 Å². The van der Waals surface area contributed by atoms with Crippen molar-refractivity contribution in [1.29, 1.82) is 0 Å². The SMILES string of the molecule is CCOc1ccc(C(=O)N(C)c2ccccc2)cc1F. The molecule has 0 fully saturated rings. The number of hydrogen-bond donors (Lipinski definition) is 0. The van der Waals surface area contributed by atoms with Crippen molar-refractivity contribution in [2.45, 2.75) is 6.92 Å². The van der Waals surface area contributed by atoms with Crippen LogP contribution in [0.3, 0.4) is 0 Å². The fourth-order valence-corrected chi connectivity index (χ4v) is 1.87. The summed E-state index contributed by atoms with van der Waals surface area (Å²) in [6, 6.07) is 13.5. The maximum atomic E-state index is 13.8. The van der Waals surface area contributed by atoms with Gasteiger partial charge < -0.3 is 9.64 Å². The van der Waals surface area contributed by atoms with Gasteiger partial charge in [-0.1, -0.05) is 18.2 Å². The molecule has 4 heteroatoms. The molecule has 0 unspecified atom stereocenters. The molecule has 104 valence electrons. The summed E-state index contributed by atoms with van der Waals surface area (Å²) >= 11 is 0. The standard InChI is InChI=1S/C16H16FNO2/c1-3-20-15-10-9-12(11-14(15)17)16(19)18(2)13-7-5-4-6-8-13/h4-11H,3H2,1-2H3. The van der Waals surface area contributed by atoms with E-state index < -0.39 is 5.82 Å². The second kappa shape index (κ2) is 6.19. The van der Waals surface area contributed by atoms with E-state index in [9.17, 15) is 9.18 Å². The van der Waals surface area contributed by atoms with Crippen LogP contribution in [0.4, 0.5) is 10.1 Å². The van der Waals surface area contributed by atoms with E-state index in [1.165, 1.54) is 17.0 Å². The number of carbonyl (C=O) groups is 1. The van der Waals surface area contributed by atoms with Gasteiger partial charge >= 0.3 is 0 Å². The average Bonchev–Trinajstić information content (AvgIpc) is 2.49. The molecular formula is C16H16FNO2. The van der Waals surface area contributed by atoms with E-state index >= 15 is 0 Å². The molecule has 0 spiro atoms. The second-order valence-corrected chi connectivity index (χ2v) is 4.28. The smallest absolute Gasteiger partial charge is 0.258 e. The zero-order valence-electron chi connectivity index (χ0n) is 11.5. The molecule has 3 nitrogen and oxygen atoms in total. The van der Waals surface area contributed by atoms with Gasteiger partial charge in [0.2, 0.25) is 0 Å². The molecule has 0 heterocycles. The van der Waals surface area contributed by atoms with Crippen LogP contribution >= 0.6 is 0 Å². The van der Waals surface area contributed by atoms with E-state index in [-0.39, 0.29) is 17.2 Å². The van der Waals surface area contributed by atoms with Gasteiger partial charge in [0, 0.05) is 18.3 Å². The van der Waals surface area contributed by atoms with E-state index in [0.29, 0.717) is 6.61 Å². The van der Waals surface area contributed by atoms with Crippen LogP contribution in [-0.2, 0) is 0 Å². The van der Waals surface area contributed by atoms with Crippen LogP contribution in [0.5, 0.6) is 5.75 Å². The fourth-order valence-electron chi connectivity index (χ4n) is 1.87. The van der Waals surface area contributed by atoms with Crippen molar-refractivity contribution in [3.63, 3.8) is 0 Å². The summed E-state index contributed by atoms with van der Waals surface area (Å²) in [5.41, 5.74) is 1.05. The highest BCUT2D eigenvalue weighted by Crippen LogP contribution is 2.21. The fraction of sp³-hybridized carbons (Fsp3) is 0.188. The Morgan fingerprint density at radius 1 is 1.20 bits per heavy atom. The number of carbonyl (C=O) groups excluding carboxylic acids is 1. The summed E-state index contributed by atoms with van der Waals surface area (Å²) in [6.45, 7) is 2.16. The van der Waals surface area contributed by atoms with Crippen LogP contribution in [0.2, 0.25) is 0 Å². The highest BCUT2D eigenvalue weighted by molar-refractivity contribution is 6.05. The summed E-state index contributed by atoms with van der Waals surface area (Å²) < 4.78 is 18.9. The summed E-state index contributed by atoms with van der Waals surface area (Å²) in [5.74, 6) is -0.635. The lowest BCUT2D eigenvalue weighted by molar-refractivity contribution is 0.0992. The first-order chi connectivity index (χ1) is 9.63. The number of para-hydroxylation sites is 1. The lowest BCUT2D eigenvalue weighted by Gasteiger charge is -2.17. The highest BCUT2D eigenvalue weighted by atomic mass is 19.1. The van der Waals surface area contributed by atoms with Gasteiger partial charge in [-0.3, -0.25) is 4.79 Å². The Kier molecular flexibility index (Phi) is 4.35. The predicted molar refractivity (Wildman–Crippen MR) is 76.7 cm³/mol. The molecule has 0 aromatic heterocycles. The zero-order chi connectivity index (χ0) is 14.5. The van der Waals surface area contributed by atoms with Crippen molar-refractivity contribution in [2.24, 2.45) is 0 Å². The molecule has 0 atom stereocenters.